The molecule has 4 nitrogen and oxygen atoms in total. The zero-order valence-corrected chi connectivity index (χ0v) is 11.0. The van der Waals surface area contributed by atoms with E-state index in [4.69, 9.17) is 9.84 Å². The second-order valence-electron chi connectivity index (χ2n) is 6.43. The lowest BCUT2D eigenvalue weighted by atomic mass is 10.0. The van der Waals surface area contributed by atoms with Crippen LogP contribution in [0.25, 0.3) is 0 Å². The van der Waals surface area contributed by atoms with Gasteiger partial charge in [-0.1, -0.05) is 0 Å². The van der Waals surface area contributed by atoms with E-state index in [2.05, 4.69) is 0 Å². The summed E-state index contributed by atoms with van der Waals surface area (Å²) < 4.78 is 5.38. The number of nitrogens with zero attached hydrogens (tertiary/aromatic N) is 1. The van der Waals surface area contributed by atoms with Crippen molar-refractivity contribution in [3.8, 4) is 0 Å². The molecule has 2 atom stereocenters. The minimum atomic E-state index is -0.414. The first-order valence-corrected chi connectivity index (χ1v) is 6.48. The summed E-state index contributed by atoms with van der Waals surface area (Å²) in [6.07, 6.45) is 1.92. The number of likely N-dealkylation sites (tertiary alicyclic amines) is 1. The molecule has 0 radical (unpaired) electrons. The fourth-order valence-electron chi connectivity index (χ4n) is 3.05. The number of hydrogen-bond donors (Lipinski definition) is 1. The number of hydrogen-bond acceptors (Lipinski definition) is 3. The smallest absolute Gasteiger partial charge is 0.410 e. The van der Waals surface area contributed by atoms with Gasteiger partial charge in [-0.3, -0.25) is 0 Å². The first kappa shape index (κ1) is 12.7. The van der Waals surface area contributed by atoms with E-state index in [1.807, 2.05) is 25.7 Å². The standard InChI is InChI=1S/C13H23NO3/c1-13(2,3)17-12(16)14-6-10-4-9(8-15)5-11(10)7-14/h9-11,15H,4-8H2,1-3H3. The molecule has 0 spiro atoms. The lowest BCUT2D eigenvalue weighted by Gasteiger charge is -2.25. The summed E-state index contributed by atoms with van der Waals surface area (Å²) in [5.41, 5.74) is -0.414. The van der Waals surface area contributed by atoms with Crippen LogP contribution in [-0.2, 0) is 4.74 Å². The Balaban J connectivity index is 1.86. The van der Waals surface area contributed by atoms with Gasteiger partial charge in [0.05, 0.1) is 0 Å². The van der Waals surface area contributed by atoms with Gasteiger partial charge in [0.15, 0.2) is 0 Å². The van der Waals surface area contributed by atoms with Crippen LogP contribution in [0.5, 0.6) is 0 Å². The molecule has 0 aromatic rings. The quantitative estimate of drug-likeness (QED) is 0.762. The minimum Gasteiger partial charge on any atom is -0.444 e. The average Bonchev–Trinajstić information content (AvgIpc) is 2.70. The summed E-state index contributed by atoms with van der Waals surface area (Å²) in [5, 5.41) is 9.14. The molecule has 1 saturated heterocycles. The second-order valence-corrected chi connectivity index (χ2v) is 6.43. The summed E-state index contributed by atoms with van der Waals surface area (Å²) in [6.45, 7) is 7.57. The molecule has 4 heteroatoms. The van der Waals surface area contributed by atoms with Gasteiger partial charge in [0.25, 0.3) is 0 Å². The topological polar surface area (TPSA) is 49.8 Å². The van der Waals surface area contributed by atoms with Crippen molar-refractivity contribution >= 4 is 6.09 Å². The number of ether oxygens (including phenoxy) is 1. The zero-order chi connectivity index (χ0) is 12.6. The molecular formula is C13H23NO3. The van der Waals surface area contributed by atoms with Gasteiger partial charge < -0.3 is 14.7 Å². The van der Waals surface area contributed by atoms with Crippen LogP contribution >= 0.6 is 0 Å². The Labute approximate surface area is 103 Å². The number of aliphatic hydroxyl groups is 1. The maximum Gasteiger partial charge on any atom is 0.410 e. The van der Waals surface area contributed by atoms with Gasteiger partial charge in [0.1, 0.15) is 5.60 Å². The third-order valence-corrected chi connectivity index (χ3v) is 3.76. The van der Waals surface area contributed by atoms with Crippen molar-refractivity contribution in [3.63, 3.8) is 0 Å². The molecule has 98 valence electrons. The van der Waals surface area contributed by atoms with E-state index >= 15 is 0 Å². The SMILES string of the molecule is CC(C)(C)OC(=O)N1CC2CC(CO)CC2C1. The third-order valence-electron chi connectivity index (χ3n) is 3.76. The Morgan fingerprint density at radius 1 is 1.29 bits per heavy atom. The molecule has 17 heavy (non-hydrogen) atoms. The lowest BCUT2D eigenvalue weighted by molar-refractivity contribution is 0.0276. The fraction of sp³-hybridized carbons (Fsp3) is 0.923. The zero-order valence-electron chi connectivity index (χ0n) is 11.0. The molecule has 2 fully saturated rings. The molecule has 1 aliphatic carbocycles. The van der Waals surface area contributed by atoms with Crippen molar-refractivity contribution in [2.75, 3.05) is 19.7 Å². The molecule has 0 aromatic carbocycles. The molecule has 1 aliphatic heterocycles. The third kappa shape index (κ3) is 2.92. The first-order valence-electron chi connectivity index (χ1n) is 6.48. The highest BCUT2D eigenvalue weighted by atomic mass is 16.6. The van der Waals surface area contributed by atoms with Crippen molar-refractivity contribution in [1.82, 2.24) is 4.90 Å². The van der Waals surface area contributed by atoms with E-state index in [1.54, 1.807) is 0 Å². The highest BCUT2D eigenvalue weighted by Crippen LogP contribution is 2.41. The van der Waals surface area contributed by atoms with Crippen molar-refractivity contribution in [2.24, 2.45) is 17.8 Å². The van der Waals surface area contributed by atoms with E-state index in [0.29, 0.717) is 24.4 Å². The molecular weight excluding hydrogens is 218 g/mol. The van der Waals surface area contributed by atoms with Crippen molar-refractivity contribution in [2.45, 2.75) is 39.2 Å². The van der Waals surface area contributed by atoms with Crippen LogP contribution in [-0.4, -0.2) is 41.4 Å². The molecule has 2 aliphatic rings. The van der Waals surface area contributed by atoms with Crippen molar-refractivity contribution < 1.29 is 14.6 Å². The fourth-order valence-corrected chi connectivity index (χ4v) is 3.05. The summed E-state index contributed by atoms with van der Waals surface area (Å²) in [6, 6.07) is 0. The molecule has 1 N–H and O–H groups in total. The van der Waals surface area contributed by atoms with Crippen LogP contribution in [0, 0.1) is 17.8 Å². The summed E-state index contributed by atoms with van der Waals surface area (Å²) in [5.74, 6) is 1.59. The number of carbonyl (C=O) groups is 1. The molecule has 2 unspecified atom stereocenters. The summed E-state index contributed by atoms with van der Waals surface area (Å²) in [4.78, 5) is 13.7. The second kappa shape index (κ2) is 4.48. The molecule has 0 aromatic heterocycles. The number of rotatable bonds is 1. The van der Waals surface area contributed by atoms with E-state index in [-0.39, 0.29) is 6.09 Å². The molecule has 0 bridgehead atoms. The highest BCUT2D eigenvalue weighted by molar-refractivity contribution is 5.68. The monoisotopic (exact) mass is 241 g/mol. The molecule has 2 rings (SSSR count). The van der Waals surface area contributed by atoms with Crippen LogP contribution in [0.4, 0.5) is 4.79 Å². The lowest BCUT2D eigenvalue weighted by Crippen LogP contribution is -2.36. The normalized spacial score (nSPS) is 32.7. The molecule has 1 amide bonds. The van der Waals surface area contributed by atoms with Crippen LogP contribution in [0.2, 0.25) is 0 Å². The maximum atomic E-state index is 11.9. The van der Waals surface area contributed by atoms with Gasteiger partial charge in [-0.15, -0.1) is 0 Å². The van der Waals surface area contributed by atoms with Crippen molar-refractivity contribution in [1.29, 1.82) is 0 Å². The minimum absolute atomic E-state index is 0.188. The van der Waals surface area contributed by atoms with E-state index in [9.17, 15) is 4.79 Å². The summed E-state index contributed by atoms with van der Waals surface area (Å²) in [7, 11) is 0. The largest absolute Gasteiger partial charge is 0.444 e. The Morgan fingerprint density at radius 2 is 1.82 bits per heavy atom. The Hall–Kier alpha value is -0.770. The van der Waals surface area contributed by atoms with Gasteiger partial charge in [0.2, 0.25) is 0 Å². The number of aliphatic hydroxyl groups excluding tert-OH is 1. The Bertz CT molecular complexity index is 284. The van der Waals surface area contributed by atoms with Gasteiger partial charge >= 0.3 is 6.09 Å². The highest BCUT2D eigenvalue weighted by Gasteiger charge is 2.42. The van der Waals surface area contributed by atoms with Gasteiger partial charge in [-0.25, -0.2) is 4.79 Å². The first-order chi connectivity index (χ1) is 7.89. The van der Waals surface area contributed by atoms with Gasteiger partial charge in [0, 0.05) is 19.7 Å². The predicted octanol–water partition coefficient (Wildman–Crippen LogP) is 1.87. The molecule has 1 heterocycles. The predicted molar refractivity (Wildman–Crippen MR) is 64.6 cm³/mol. The summed E-state index contributed by atoms with van der Waals surface area (Å²) >= 11 is 0. The van der Waals surface area contributed by atoms with Crippen LogP contribution < -0.4 is 0 Å². The van der Waals surface area contributed by atoms with E-state index < -0.39 is 5.60 Å². The average molecular weight is 241 g/mol. The van der Waals surface area contributed by atoms with Gasteiger partial charge in [-0.2, -0.15) is 0 Å². The Morgan fingerprint density at radius 3 is 2.24 bits per heavy atom. The van der Waals surface area contributed by atoms with Crippen molar-refractivity contribution in [3.05, 3.63) is 0 Å². The van der Waals surface area contributed by atoms with Gasteiger partial charge in [-0.05, 0) is 51.4 Å². The van der Waals surface area contributed by atoms with Crippen LogP contribution in [0.1, 0.15) is 33.6 Å². The van der Waals surface area contributed by atoms with Crippen LogP contribution in [0.15, 0.2) is 0 Å². The Kier molecular flexibility index (Phi) is 3.34. The van der Waals surface area contributed by atoms with Crippen LogP contribution in [0.3, 0.4) is 0 Å². The molecule has 1 saturated carbocycles. The van der Waals surface area contributed by atoms with E-state index in [0.717, 1.165) is 25.9 Å². The number of carbonyl (C=O) groups excluding carboxylic acids is 1. The van der Waals surface area contributed by atoms with E-state index in [1.165, 1.54) is 0 Å². The number of amides is 1. The number of fused-ring (bicyclic) bond motifs is 1. The maximum absolute atomic E-state index is 11.9.